The molecule has 182 valence electrons. The second-order valence-corrected chi connectivity index (χ2v) is 8.61. The number of aromatic amines is 1. The Kier molecular flexibility index (Phi) is 6.95. The van der Waals surface area contributed by atoms with Crippen LogP contribution in [0.2, 0.25) is 0 Å². The highest BCUT2D eigenvalue weighted by Gasteiger charge is 2.14. The number of nitrogens with zero attached hydrogens (tertiary/aromatic N) is 1. The first-order chi connectivity index (χ1) is 18.1. The molecule has 1 aromatic heterocycles. The molecule has 0 spiro atoms. The number of benzene rings is 4. The van der Waals surface area contributed by atoms with Gasteiger partial charge in [0.25, 0.3) is 0 Å². The van der Waals surface area contributed by atoms with Crippen molar-refractivity contribution in [3.05, 3.63) is 132 Å². The van der Waals surface area contributed by atoms with E-state index in [2.05, 4.69) is 41.4 Å². The van der Waals surface area contributed by atoms with E-state index in [1.807, 2.05) is 79.0 Å². The molecule has 0 fully saturated rings. The number of para-hydroxylation sites is 1. The molecule has 0 unspecified atom stereocenters. The van der Waals surface area contributed by atoms with Crippen molar-refractivity contribution in [2.24, 2.45) is 0 Å². The number of hydrogen-bond acceptors (Lipinski definition) is 3. The third kappa shape index (κ3) is 5.52. The van der Waals surface area contributed by atoms with Crippen LogP contribution in [-0.2, 0) is 4.79 Å². The Morgan fingerprint density at radius 3 is 2.24 bits per heavy atom. The Balaban J connectivity index is 1.58. The number of aliphatic carboxylic acids is 1. The van der Waals surface area contributed by atoms with E-state index in [0.29, 0.717) is 0 Å². The largest absolute Gasteiger partial charge is 0.478 e. The summed E-state index contributed by atoms with van der Waals surface area (Å²) in [4.78, 5) is 10.9. The quantitative estimate of drug-likeness (QED) is 0.173. The van der Waals surface area contributed by atoms with E-state index in [0.717, 1.165) is 62.7 Å². The lowest BCUT2D eigenvalue weighted by atomic mass is 9.87. The van der Waals surface area contributed by atoms with Crippen LogP contribution in [-0.4, -0.2) is 21.3 Å². The summed E-state index contributed by atoms with van der Waals surface area (Å²) in [6, 6.07) is 32.2. The van der Waals surface area contributed by atoms with E-state index in [9.17, 15) is 4.79 Å². The summed E-state index contributed by atoms with van der Waals surface area (Å²) in [7, 11) is 0. The fourth-order valence-electron chi connectivity index (χ4n) is 4.42. The van der Waals surface area contributed by atoms with Crippen LogP contribution in [0.1, 0.15) is 35.6 Å². The van der Waals surface area contributed by atoms with E-state index in [-0.39, 0.29) is 0 Å². The SMILES string of the molecule is CC/C(=C(/c1ccc(/C=C/C(=O)O)cc1)c1ccc2[nH]ncc2c1)c1ccc(Oc2ccccc2)cc1. The standard InChI is InChI=1S/C32H26N2O3/c1-2-29(23-13-16-28(17-14-23)37-27-6-4-3-5-7-27)32(25-15-18-30-26(20-25)21-33-34-30)24-11-8-22(9-12-24)10-19-31(35)36/h3-21H,2H2,1H3,(H,33,34)(H,35,36)/b19-10+,32-29+. The molecule has 0 aliphatic heterocycles. The fourth-order valence-corrected chi connectivity index (χ4v) is 4.42. The molecule has 0 saturated carbocycles. The van der Waals surface area contributed by atoms with E-state index in [1.165, 1.54) is 5.57 Å². The van der Waals surface area contributed by atoms with Crippen molar-refractivity contribution in [3.63, 3.8) is 0 Å². The van der Waals surface area contributed by atoms with Crippen molar-refractivity contribution in [2.45, 2.75) is 13.3 Å². The Bertz CT molecular complexity index is 1580. The Morgan fingerprint density at radius 1 is 0.865 bits per heavy atom. The van der Waals surface area contributed by atoms with Crippen molar-refractivity contribution < 1.29 is 14.6 Å². The average molecular weight is 487 g/mol. The van der Waals surface area contributed by atoms with E-state index < -0.39 is 5.97 Å². The van der Waals surface area contributed by atoms with Gasteiger partial charge in [0.05, 0.1) is 11.7 Å². The second-order valence-electron chi connectivity index (χ2n) is 8.61. The van der Waals surface area contributed by atoms with Crippen LogP contribution in [0.4, 0.5) is 0 Å². The lowest BCUT2D eigenvalue weighted by Crippen LogP contribution is -1.96. The van der Waals surface area contributed by atoms with Gasteiger partial charge in [-0.25, -0.2) is 4.79 Å². The molecule has 5 rings (SSSR count). The van der Waals surface area contributed by atoms with Gasteiger partial charge in [-0.1, -0.05) is 67.6 Å². The van der Waals surface area contributed by atoms with Crippen molar-refractivity contribution in [1.29, 1.82) is 0 Å². The summed E-state index contributed by atoms with van der Waals surface area (Å²) >= 11 is 0. The van der Waals surface area contributed by atoms with Crippen LogP contribution in [0.5, 0.6) is 11.5 Å². The maximum absolute atomic E-state index is 10.9. The minimum absolute atomic E-state index is 0.779. The smallest absolute Gasteiger partial charge is 0.328 e. The van der Waals surface area contributed by atoms with Gasteiger partial charge in [-0.3, -0.25) is 5.10 Å². The molecule has 2 N–H and O–H groups in total. The minimum Gasteiger partial charge on any atom is -0.478 e. The van der Waals surface area contributed by atoms with E-state index in [1.54, 1.807) is 6.08 Å². The minimum atomic E-state index is -0.967. The van der Waals surface area contributed by atoms with Gasteiger partial charge < -0.3 is 9.84 Å². The van der Waals surface area contributed by atoms with Crippen molar-refractivity contribution in [1.82, 2.24) is 10.2 Å². The molecule has 5 heteroatoms. The maximum Gasteiger partial charge on any atom is 0.328 e. The van der Waals surface area contributed by atoms with Crippen LogP contribution < -0.4 is 4.74 Å². The zero-order valence-electron chi connectivity index (χ0n) is 20.4. The van der Waals surface area contributed by atoms with Gasteiger partial charge in [-0.15, -0.1) is 0 Å². The number of aromatic nitrogens is 2. The molecular weight excluding hydrogens is 460 g/mol. The first-order valence-corrected chi connectivity index (χ1v) is 12.1. The Labute approximate surface area is 215 Å². The van der Waals surface area contributed by atoms with E-state index in [4.69, 9.17) is 9.84 Å². The van der Waals surface area contributed by atoms with Crippen molar-refractivity contribution in [3.8, 4) is 11.5 Å². The molecule has 5 nitrogen and oxygen atoms in total. The number of fused-ring (bicyclic) bond motifs is 1. The number of carbonyl (C=O) groups is 1. The number of nitrogens with one attached hydrogen (secondary N) is 1. The Morgan fingerprint density at radius 2 is 1.54 bits per heavy atom. The first-order valence-electron chi connectivity index (χ1n) is 12.1. The van der Waals surface area contributed by atoms with E-state index >= 15 is 0 Å². The fraction of sp³-hybridized carbons (Fsp3) is 0.0625. The summed E-state index contributed by atoms with van der Waals surface area (Å²) in [6.07, 6.45) is 5.39. The second kappa shape index (κ2) is 10.8. The van der Waals surface area contributed by atoms with Crippen molar-refractivity contribution >= 4 is 34.1 Å². The zero-order valence-corrected chi connectivity index (χ0v) is 20.4. The summed E-state index contributed by atoms with van der Waals surface area (Å²) in [5, 5.41) is 17.2. The first kappa shape index (κ1) is 23.8. The van der Waals surface area contributed by atoms with Gasteiger partial charge in [0.15, 0.2) is 0 Å². The highest BCUT2D eigenvalue weighted by atomic mass is 16.5. The van der Waals surface area contributed by atoms with Gasteiger partial charge in [-0.2, -0.15) is 5.10 Å². The molecule has 1 heterocycles. The lowest BCUT2D eigenvalue weighted by Gasteiger charge is -2.17. The molecule has 0 atom stereocenters. The molecule has 0 amide bonds. The molecule has 0 radical (unpaired) electrons. The molecule has 5 aromatic rings. The Hall–Kier alpha value is -4.90. The number of allylic oxidation sites excluding steroid dienone is 1. The van der Waals surface area contributed by atoms with Gasteiger partial charge in [-0.05, 0) is 82.3 Å². The number of carboxylic acids is 1. The molecule has 4 aromatic carbocycles. The number of hydrogen-bond donors (Lipinski definition) is 2. The highest BCUT2D eigenvalue weighted by Crippen LogP contribution is 2.36. The topological polar surface area (TPSA) is 75.2 Å². The number of rotatable bonds is 8. The molecule has 0 saturated heterocycles. The average Bonchev–Trinajstić information content (AvgIpc) is 3.40. The molecule has 0 bridgehead atoms. The van der Waals surface area contributed by atoms with Gasteiger partial charge in [0.2, 0.25) is 0 Å². The molecule has 0 aliphatic rings. The maximum atomic E-state index is 10.9. The number of carboxylic acid groups (broad SMARTS) is 1. The monoisotopic (exact) mass is 486 g/mol. The normalized spacial score (nSPS) is 12.0. The zero-order chi connectivity index (χ0) is 25.6. The van der Waals surface area contributed by atoms with Crippen LogP contribution >= 0.6 is 0 Å². The van der Waals surface area contributed by atoms with Gasteiger partial charge >= 0.3 is 5.97 Å². The third-order valence-electron chi connectivity index (χ3n) is 6.18. The number of ether oxygens (including phenoxy) is 1. The van der Waals surface area contributed by atoms with Gasteiger partial charge in [0.1, 0.15) is 11.5 Å². The van der Waals surface area contributed by atoms with Crippen LogP contribution in [0.15, 0.2) is 109 Å². The third-order valence-corrected chi connectivity index (χ3v) is 6.18. The summed E-state index contributed by atoms with van der Waals surface area (Å²) in [5.74, 6) is 0.611. The highest BCUT2D eigenvalue weighted by molar-refractivity contribution is 6.00. The van der Waals surface area contributed by atoms with Crippen LogP contribution in [0.3, 0.4) is 0 Å². The molecular formula is C32H26N2O3. The number of H-pyrrole nitrogens is 1. The summed E-state index contributed by atoms with van der Waals surface area (Å²) in [6.45, 7) is 2.16. The molecule has 0 aliphatic carbocycles. The lowest BCUT2D eigenvalue weighted by molar-refractivity contribution is -0.131. The van der Waals surface area contributed by atoms with Crippen LogP contribution in [0, 0.1) is 0 Å². The van der Waals surface area contributed by atoms with Crippen molar-refractivity contribution in [2.75, 3.05) is 0 Å². The summed E-state index contributed by atoms with van der Waals surface area (Å²) in [5.41, 5.74) is 7.38. The van der Waals surface area contributed by atoms with Crippen LogP contribution in [0.25, 0.3) is 28.1 Å². The summed E-state index contributed by atoms with van der Waals surface area (Å²) < 4.78 is 5.99. The van der Waals surface area contributed by atoms with Gasteiger partial charge in [0, 0.05) is 11.5 Å². The predicted octanol–water partition coefficient (Wildman–Crippen LogP) is 7.82. The molecule has 37 heavy (non-hydrogen) atoms. The predicted molar refractivity (Wildman–Crippen MR) is 148 cm³/mol.